The molecule has 2 aromatic rings. The molecule has 0 saturated heterocycles. The van der Waals surface area contributed by atoms with E-state index in [4.69, 9.17) is 0 Å². The molecule has 19 heavy (non-hydrogen) atoms. The van der Waals surface area contributed by atoms with Crippen molar-refractivity contribution in [1.82, 2.24) is 0 Å². The maximum absolute atomic E-state index is 12.2. The maximum Gasteiger partial charge on any atom is 0.387 e. The number of halogens is 2. The van der Waals surface area contributed by atoms with Crippen LogP contribution in [0.2, 0.25) is 0 Å². The highest BCUT2D eigenvalue weighted by Gasteiger charge is 2.07. The van der Waals surface area contributed by atoms with Crippen LogP contribution in [0.25, 0.3) is 0 Å². The van der Waals surface area contributed by atoms with Gasteiger partial charge in [-0.05, 0) is 24.3 Å². The van der Waals surface area contributed by atoms with Gasteiger partial charge in [-0.2, -0.15) is 13.9 Å². The van der Waals surface area contributed by atoms with Gasteiger partial charge in [-0.3, -0.25) is 5.43 Å². The van der Waals surface area contributed by atoms with E-state index < -0.39 is 6.61 Å². The van der Waals surface area contributed by atoms with E-state index in [-0.39, 0.29) is 5.75 Å². The summed E-state index contributed by atoms with van der Waals surface area (Å²) in [5, 5.41) is 3.98. The molecule has 0 heterocycles. The second-order valence-corrected chi connectivity index (χ2v) is 3.65. The summed E-state index contributed by atoms with van der Waals surface area (Å²) in [5.74, 6) is 0.0936. The molecular weight excluding hydrogens is 250 g/mol. The first-order valence-corrected chi connectivity index (χ1v) is 5.63. The van der Waals surface area contributed by atoms with Gasteiger partial charge in [0.25, 0.3) is 0 Å². The van der Waals surface area contributed by atoms with Crippen LogP contribution in [-0.2, 0) is 0 Å². The molecule has 2 aromatic carbocycles. The topological polar surface area (TPSA) is 33.6 Å². The van der Waals surface area contributed by atoms with E-state index in [1.54, 1.807) is 18.2 Å². The Balaban J connectivity index is 2.06. The van der Waals surface area contributed by atoms with Crippen molar-refractivity contribution in [2.24, 2.45) is 5.10 Å². The van der Waals surface area contributed by atoms with Gasteiger partial charge in [-0.25, -0.2) is 0 Å². The largest absolute Gasteiger partial charge is 0.434 e. The number of alkyl halides is 2. The summed E-state index contributed by atoms with van der Waals surface area (Å²) in [6.45, 7) is -2.85. The van der Waals surface area contributed by atoms with E-state index in [1.807, 2.05) is 30.3 Å². The van der Waals surface area contributed by atoms with E-state index in [2.05, 4.69) is 15.3 Å². The second kappa shape index (κ2) is 6.49. The van der Waals surface area contributed by atoms with Crippen molar-refractivity contribution in [3.63, 3.8) is 0 Å². The lowest BCUT2D eigenvalue weighted by molar-refractivity contribution is -0.0499. The van der Waals surface area contributed by atoms with E-state index in [9.17, 15) is 8.78 Å². The van der Waals surface area contributed by atoms with Crippen molar-refractivity contribution in [2.75, 3.05) is 5.43 Å². The quantitative estimate of drug-likeness (QED) is 0.658. The Morgan fingerprint density at radius 1 is 1.00 bits per heavy atom. The van der Waals surface area contributed by atoms with Gasteiger partial charge in [-0.15, -0.1) is 0 Å². The van der Waals surface area contributed by atoms with Gasteiger partial charge >= 0.3 is 6.61 Å². The summed E-state index contributed by atoms with van der Waals surface area (Å²) >= 11 is 0. The molecule has 0 radical (unpaired) electrons. The predicted octanol–water partition coefficient (Wildman–Crippen LogP) is 3.73. The highest BCUT2D eigenvalue weighted by Crippen LogP contribution is 2.18. The first-order valence-electron chi connectivity index (χ1n) is 5.63. The molecule has 98 valence electrons. The van der Waals surface area contributed by atoms with Crippen molar-refractivity contribution in [3.05, 3.63) is 60.2 Å². The monoisotopic (exact) mass is 262 g/mol. The SMILES string of the molecule is FC(F)Oc1ccccc1C=NNc1ccccc1. The fourth-order valence-corrected chi connectivity index (χ4v) is 1.48. The lowest BCUT2D eigenvalue weighted by Gasteiger charge is -2.07. The number of ether oxygens (including phenoxy) is 1. The zero-order chi connectivity index (χ0) is 13.5. The molecule has 3 nitrogen and oxygen atoms in total. The molecule has 0 saturated carbocycles. The molecule has 0 aliphatic rings. The number of nitrogens with one attached hydrogen (secondary N) is 1. The van der Waals surface area contributed by atoms with E-state index >= 15 is 0 Å². The fraction of sp³-hybridized carbons (Fsp3) is 0.0714. The average molecular weight is 262 g/mol. The third-order valence-electron chi connectivity index (χ3n) is 2.31. The third-order valence-corrected chi connectivity index (χ3v) is 2.31. The van der Waals surface area contributed by atoms with Gasteiger partial charge in [0, 0.05) is 5.56 Å². The molecule has 1 N–H and O–H groups in total. The van der Waals surface area contributed by atoms with Crippen molar-refractivity contribution in [1.29, 1.82) is 0 Å². The number of hydrogen-bond donors (Lipinski definition) is 1. The van der Waals surface area contributed by atoms with Gasteiger partial charge in [-0.1, -0.05) is 30.3 Å². The number of hydrazone groups is 1. The minimum absolute atomic E-state index is 0.0936. The normalized spacial score (nSPS) is 10.9. The minimum Gasteiger partial charge on any atom is -0.434 e. The molecule has 0 amide bonds. The van der Waals surface area contributed by atoms with Crippen LogP contribution in [0, 0.1) is 0 Å². The van der Waals surface area contributed by atoms with Crippen LogP contribution in [0.15, 0.2) is 59.7 Å². The zero-order valence-electron chi connectivity index (χ0n) is 9.96. The maximum atomic E-state index is 12.2. The number of anilines is 1. The lowest BCUT2D eigenvalue weighted by atomic mass is 10.2. The number of rotatable bonds is 5. The van der Waals surface area contributed by atoms with E-state index in [0.29, 0.717) is 5.56 Å². The molecule has 0 bridgehead atoms. The summed E-state index contributed by atoms with van der Waals surface area (Å²) in [6, 6.07) is 15.8. The van der Waals surface area contributed by atoms with Crippen LogP contribution < -0.4 is 10.2 Å². The van der Waals surface area contributed by atoms with Gasteiger partial charge in [0.05, 0.1) is 11.9 Å². The van der Waals surface area contributed by atoms with Gasteiger partial charge < -0.3 is 4.74 Å². The first kappa shape index (κ1) is 13.0. The summed E-state index contributed by atoms with van der Waals surface area (Å²) in [6.07, 6.45) is 1.44. The Morgan fingerprint density at radius 2 is 1.68 bits per heavy atom. The fourth-order valence-electron chi connectivity index (χ4n) is 1.48. The number of nitrogens with zero attached hydrogens (tertiary/aromatic N) is 1. The molecule has 0 aliphatic heterocycles. The molecule has 0 spiro atoms. The van der Waals surface area contributed by atoms with Crippen molar-refractivity contribution < 1.29 is 13.5 Å². The van der Waals surface area contributed by atoms with Crippen LogP contribution in [0.5, 0.6) is 5.75 Å². The van der Waals surface area contributed by atoms with Crippen LogP contribution in [0.1, 0.15) is 5.56 Å². The Labute approximate surface area is 109 Å². The molecule has 5 heteroatoms. The molecule has 0 atom stereocenters. The summed E-state index contributed by atoms with van der Waals surface area (Å²) in [4.78, 5) is 0. The highest BCUT2D eigenvalue weighted by atomic mass is 19.3. The summed E-state index contributed by atoms with van der Waals surface area (Å²) < 4.78 is 28.8. The molecule has 2 rings (SSSR count). The van der Waals surface area contributed by atoms with Gasteiger partial charge in [0.2, 0.25) is 0 Å². The smallest absolute Gasteiger partial charge is 0.387 e. The number of hydrogen-bond acceptors (Lipinski definition) is 3. The Bertz CT molecular complexity index is 544. The van der Waals surface area contributed by atoms with Crippen LogP contribution in [0.3, 0.4) is 0 Å². The van der Waals surface area contributed by atoms with Crippen molar-refractivity contribution in [2.45, 2.75) is 6.61 Å². The van der Waals surface area contributed by atoms with Crippen molar-refractivity contribution in [3.8, 4) is 5.75 Å². The molecular formula is C14H12F2N2O. The minimum atomic E-state index is -2.85. The van der Waals surface area contributed by atoms with Gasteiger partial charge in [0.15, 0.2) is 0 Å². The van der Waals surface area contributed by atoms with Gasteiger partial charge in [0.1, 0.15) is 5.75 Å². The Morgan fingerprint density at radius 3 is 2.42 bits per heavy atom. The Kier molecular flexibility index (Phi) is 4.44. The highest BCUT2D eigenvalue weighted by molar-refractivity contribution is 5.83. The third kappa shape index (κ3) is 4.06. The molecule has 0 aromatic heterocycles. The second-order valence-electron chi connectivity index (χ2n) is 3.65. The summed E-state index contributed by atoms with van der Waals surface area (Å²) in [7, 11) is 0. The molecule has 0 unspecified atom stereocenters. The zero-order valence-corrected chi connectivity index (χ0v) is 9.96. The first-order chi connectivity index (χ1) is 9.25. The van der Waals surface area contributed by atoms with E-state index in [0.717, 1.165) is 5.69 Å². The molecule has 0 aliphatic carbocycles. The summed E-state index contributed by atoms with van der Waals surface area (Å²) in [5.41, 5.74) is 4.09. The standard InChI is InChI=1S/C14H12F2N2O/c15-14(16)19-13-9-5-4-6-11(13)10-17-18-12-7-2-1-3-8-12/h1-10,14,18H. The van der Waals surface area contributed by atoms with Crippen LogP contribution in [0.4, 0.5) is 14.5 Å². The average Bonchev–Trinajstić information content (AvgIpc) is 2.41. The van der Waals surface area contributed by atoms with Crippen LogP contribution >= 0.6 is 0 Å². The molecule has 0 fully saturated rings. The van der Waals surface area contributed by atoms with Crippen LogP contribution in [-0.4, -0.2) is 12.8 Å². The van der Waals surface area contributed by atoms with Crippen molar-refractivity contribution >= 4 is 11.9 Å². The lowest BCUT2D eigenvalue weighted by Crippen LogP contribution is -2.04. The predicted molar refractivity (Wildman–Crippen MR) is 70.7 cm³/mol. The number of benzene rings is 2. The number of para-hydroxylation sites is 2. The van der Waals surface area contributed by atoms with E-state index in [1.165, 1.54) is 12.3 Å². The Hall–Kier alpha value is -2.43.